The molecule has 14 heteroatoms. The average molecular weight is 724 g/mol. The Morgan fingerprint density at radius 1 is 0.925 bits per heavy atom. The fourth-order valence-corrected chi connectivity index (χ4v) is 9.25. The van der Waals surface area contributed by atoms with Crippen LogP contribution in [0.5, 0.6) is 5.75 Å². The Bertz CT molecular complexity index is 1910. The van der Waals surface area contributed by atoms with Gasteiger partial charge < -0.3 is 30.5 Å². The number of nitrogens with one attached hydrogen (secondary N) is 2. The first-order valence-electron chi connectivity index (χ1n) is 19.0. The lowest BCUT2D eigenvalue weighted by molar-refractivity contribution is -0.136. The summed E-state index contributed by atoms with van der Waals surface area (Å²) in [5.41, 5.74) is 11.7. The number of fused-ring (bicyclic) bond motifs is 1. The van der Waals surface area contributed by atoms with Crippen molar-refractivity contribution in [3.63, 3.8) is 0 Å². The molecule has 5 aliphatic heterocycles. The van der Waals surface area contributed by atoms with Crippen LogP contribution in [0.25, 0.3) is 11.1 Å². The molecular formula is C39H49N9O5. The number of carbonyl (C=O) groups is 4. The van der Waals surface area contributed by atoms with Gasteiger partial charge in [0.05, 0.1) is 35.8 Å². The van der Waals surface area contributed by atoms with Crippen LogP contribution in [0.1, 0.15) is 65.7 Å². The number of piperazine rings is 1. The topological polar surface area (TPSA) is 158 Å². The number of nitrogens with two attached hydrogens (primary N) is 1. The Balaban J connectivity index is 0.899. The van der Waals surface area contributed by atoms with Crippen molar-refractivity contribution in [1.82, 2.24) is 30.2 Å². The van der Waals surface area contributed by atoms with Gasteiger partial charge in [0, 0.05) is 87.4 Å². The van der Waals surface area contributed by atoms with Crippen LogP contribution in [0.2, 0.25) is 0 Å². The van der Waals surface area contributed by atoms with E-state index in [1.165, 1.54) is 0 Å². The zero-order valence-corrected chi connectivity index (χ0v) is 30.6. The van der Waals surface area contributed by atoms with E-state index in [1.54, 1.807) is 13.2 Å². The number of hydrogen-bond donors (Lipinski definition) is 3. The van der Waals surface area contributed by atoms with Gasteiger partial charge in [0.2, 0.25) is 11.8 Å². The van der Waals surface area contributed by atoms with Crippen LogP contribution in [0.3, 0.4) is 0 Å². The number of hydrogen-bond acceptors (Lipinski definition) is 11. The Morgan fingerprint density at radius 2 is 1.72 bits per heavy atom. The normalized spacial score (nSPS) is 23.5. The molecular weight excluding hydrogens is 674 g/mol. The molecule has 6 heterocycles. The number of piperidine rings is 3. The number of ether oxygens (including phenoxy) is 1. The molecule has 0 radical (unpaired) electrons. The molecule has 4 N–H and O–H groups in total. The van der Waals surface area contributed by atoms with Gasteiger partial charge in [-0.05, 0) is 75.7 Å². The minimum atomic E-state index is -0.977. The van der Waals surface area contributed by atoms with Crippen molar-refractivity contribution in [2.45, 2.75) is 63.1 Å². The van der Waals surface area contributed by atoms with E-state index in [-0.39, 0.29) is 24.8 Å². The number of carbonyl (C=O) groups excluding carboxylic acids is 4. The van der Waals surface area contributed by atoms with E-state index in [1.807, 2.05) is 42.3 Å². The van der Waals surface area contributed by atoms with Crippen LogP contribution in [0.4, 0.5) is 17.1 Å². The number of likely N-dealkylation sites (tertiary alicyclic amines) is 1. The quantitative estimate of drug-likeness (QED) is 0.232. The molecule has 2 aromatic carbocycles. The summed E-state index contributed by atoms with van der Waals surface area (Å²) in [4.78, 5) is 60.4. The molecule has 280 valence electrons. The van der Waals surface area contributed by atoms with Crippen LogP contribution in [-0.4, -0.2) is 114 Å². The van der Waals surface area contributed by atoms with E-state index in [2.05, 4.69) is 36.5 Å². The molecule has 0 saturated carbocycles. The zero-order chi connectivity index (χ0) is 36.8. The van der Waals surface area contributed by atoms with Gasteiger partial charge in [0.25, 0.3) is 11.8 Å². The summed E-state index contributed by atoms with van der Waals surface area (Å²) < 4.78 is 7.42. The predicted molar refractivity (Wildman–Crippen MR) is 201 cm³/mol. The maximum atomic E-state index is 13.9. The highest BCUT2D eigenvalue weighted by molar-refractivity contribution is 6.25. The highest BCUT2D eigenvalue weighted by atomic mass is 16.5. The van der Waals surface area contributed by atoms with Gasteiger partial charge in [-0.3, -0.25) is 34.1 Å². The van der Waals surface area contributed by atoms with Crippen LogP contribution in [0, 0.1) is 5.92 Å². The number of anilines is 3. The summed E-state index contributed by atoms with van der Waals surface area (Å²) in [6.45, 7) is 6.36. The standard InChI is InChI=1S/C39H49N9O5/c1-44-23-25(21-42-44)29-19-30(40)34(53-2)20-33(29)46-15-10-26(11-16-46)45-13-8-24(9-14-45)18-27-22-41-12-17-47(27)31-5-3-4-28-36(31)39(52)48(38(28)51)32-6-7-35(49)43-37(32)50/h3-5,19-21,23-24,26-27,32,41H,6-18,22,40H2,1-2H3,(H,43,49,50). The second-order valence-corrected chi connectivity index (χ2v) is 15.1. The molecule has 0 bridgehead atoms. The molecule has 4 fully saturated rings. The molecule has 2 atom stereocenters. The van der Waals surface area contributed by atoms with E-state index in [0.29, 0.717) is 34.5 Å². The van der Waals surface area contributed by atoms with Crippen LogP contribution in [0.15, 0.2) is 42.7 Å². The molecule has 0 aliphatic carbocycles. The maximum Gasteiger partial charge on any atom is 0.264 e. The number of aromatic nitrogens is 2. The highest BCUT2D eigenvalue weighted by Gasteiger charge is 2.46. The van der Waals surface area contributed by atoms with Crippen molar-refractivity contribution in [3.05, 3.63) is 53.9 Å². The van der Waals surface area contributed by atoms with Crippen molar-refractivity contribution < 1.29 is 23.9 Å². The van der Waals surface area contributed by atoms with Crippen LogP contribution >= 0.6 is 0 Å². The third kappa shape index (κ3) is 6.63. The minimum absolute atomic E-state index is 0.0987. The molecule has 4 saturated heterocycles. The molecule has 2 unspecified atom stereocenters. The molecule has 8 rings (SSSR count). The Morgan fingerprint density at radius 3 is 2.43 bits per heavy atom. The van der Waals surface area contributed by atoms with Crippen LogP contribution in [-0.2, 0) is 16.6 Å². The number of rotatable bonds is 8. The number of amides is 4. The monoisotopic (exact) mass is 723 g/mol. The third-order valence-electron chi connectivity index (χ3n) is 12.0. The number of benzene rings is 2. The second kappa shape index (κ2) is 14.5. The van der Waals surface area contributed by atoms with Crippen LogP contribution < -0.4 is 30.9 Å². The smallest absolute Gasteiger partial charge is 0.264 e. The lowest BCUT2D eigenvalue weighted by Gasteiger charge is -2.44. The van der Waals surface area contributed by atoms with Gasteiger partial charge >= 0.3 is 0 Å². The van der Waals surface area contributed by atoms with Crippen molar-refractivity contribution >= 4 is 40.7 Å². The van der Waals surface area contributed by atoms with Crippen molar-refractivity contribution in [3.8, 4) is 16.9 Å². The first-order valence-corrected chi connectivity index (χ1v) is 19.0. The van der Waals surface area contributed by atoms with Crippen molar-refractivity contribution in [2.75, 3.05) is 68.5 Å². The van der Waals surface area contributed by atoms with Gasteiger partial charge in [-0.2, -0.15) is 5.10 Å². The molecule has 3 aromatic rings. The fraction of sp³-hybridized carbons (Fsp3) is 0.513. The number of nitrogen functional groups attached to an aromatic ring is 1. The molecule has 4 amide bonds. The van der Waals surface area contributed by atoms with Gasteiger partial charge in [0.15, 0.2) is 0 Å². The number of nitrogens with zero attached hydrogens (tertiary/aromatic N) is 6. The first kappa shape index (κ1) is 35.1. The number of imide groups is 2. The Hall–Kier alpha value is -4.95. The summed E-state index contributed by atoms with van der Waals surface area (Å²) in [7, 11) is 3.58. The zero-order valence-electron chi connectivity index (χ0n) is 30.6. The number of aryl methyl sites for hydroxylation is 1. The van der Waals surface area contributed by atoms with E-state index in [4.69, 9.17) is 10.5 Å². The van der Waals surface area contributed by atoms with Gasteiger partial charge in [-0.15, -0.1) is 0 Å². The van der Waals surface area contributed by atoms with Gasteiger partial charge in [0.1, 0.15) is 11.8 Å². The molecule has 53 heavy (non-hydrogen) atoms. The summed E-state index contributed by atoms with van der Waals surface area (Å²) in [5.74, 6) is -0.642. The van der Waals surface area contributed by atoms with E-state index >= 15 is 0 Å². The van der Waals surface area contributed by atoms with Gasteiger partial charge in [-0.25, -0.2) is 0 Å². The van der Waals surface area contributed by atoms with Crippen molar-refractivity contribution in [2.24, 2.45) is 13.0 Å². The summed E-state index contributed by atoms with van der Waals surface area (Å²) in [6.07, 6.45) is 9.57. The first-order chi connectivity index (χ1) is 25.7. The molecule has 5 aliphatic rings. The predicted octanol–water partition coefficient (Wildman–Crippen LogP) is 2.63. The van der Waals surface area contributed by atoms with E-state index in [0.717, 1.165) is 105 Å². The summed E-state index contributed by atoms with van der Waals surface area (Å²) in [5, 5.41) is 10.2. The average Bonchev–Trinajstić information content (AvgIpc) is 3.72. The van der Waals surface area contributed by atoms with E-state index < -0.39 is 23.8 Å². The van der Waals surface area contributed by atoms with E-state index in [9.17, 15) is 19.2 Å². The van der Waals surface area contributed by atoms with Crippen molar-refractivity contribution in [1.29, 1.82) is 0 Å². The van der Waals surface area contributed by atoms with Gasteiger partial charge in [-0.1, -0.05) is 6.07 Å². The minimum Gasteiger partial charge on any atom is -0.495 e. The summed E-state index contributed by atoms with van der Waals surface area (Å²) in [6, 6.07) is 9.26. The maximum absolute atomic E-state index is 13.9. The SMILES string of the molecule is COc1cc(N2CCC(N3CCC(CC4CNCCN4c4cccc5c4C(=O)N(C4CCC(=O)NC4=O)C5=O)CC3)CC2)c(-c2cnn(C)c2)cc1N. The highest BCUT2D eigenvalue weighted by Crippen LogP contribution is 2.40. The second-order valence-electron chi connectivity index (χ2n) is 15.1. The number of methoxy groups -OCH3 is 1. The summed E-state index contributed by atoms with van der Waals surface area (Å²) >= 11 is 0. The Labute approximate surface area is 309 Å². The lowest BCUT2D eigenvalue weighted by Crippen LogP contribution is -2.54. The lowest BCUT2D eigenvalue weighted by atomic mass is 9.87. The molecule has 0 spiro atoms. The largest absolute Gasteiger partial charge is 0.495 e. The Kier molecular flexibility index (Phi) is 9.58. The third-order valence-corrected chi connectivity index (χ3v) is 12.0. The fourth-order valence-electron chi connectivity index (χ4n) is 9.25. The molecule has 1 aromatic heterocycles. The molecule has 14 nitrogen and oxygen atoms in total.